The van der Waals surface area contributed by atoms with Crippen LogP contribution in [-0.2, 0) is 0 Å². The van der Waals surface area contributed by atoms with Gasteiger partial charge in [0.15, 0.2) is 0 Å². The van der Waals surface area contributed by atoms with Gasteiger partial charge in [0.05, 0.1) is 5.69 Å². The van der Waals surface area contributed by atoms with Crippen LogP contribution >= 0.6 is 0 Å². The minimum Gasteiger partial charge on any atom is -0.310 e. The summed E-state index contributed by atoms with van der Waals surface area (Å²) >= 11 is 0. The molecular formula is C65H45N. The summed E-state index contributed by atoms with van der Waals surface area (Å²) in [5.41, 5.74) is 16.5. The van der Waals surface area contributed by atoms with Gasteiger partial charge in [0.1, 0.15) is 0 Å². The van der Waals surface area contributed by atoms with Gasteiger partial charge in [0, 0.05) is 16.9 Å². The van der Waals surface area contributed by atoms with Gasteiger partial charge < -0.3 is 4.90 Å². The fourth-order valence-corrected chi connectivity index (χ4v) is 10.0. The first kappa shape index (κ1) is 39.1. The summed E-state index contributed by atoms with van der Waals surface area (Å²) in [6.07, 6.45) is 0. The second-order valence-electron chi connectivity index (χ2n) is 17.3. The Bertz CT molecular complexity index is 3740. The van der Waals surface area contributed by atoms with E-state index >= 15 is 0 Å². The number of rotatable bonds is 8. The summed E-state index contributed by atoms with van der Waals surface area (Å²) in [4.78, 5) is 2.44. The second kappa shape index (κ2) is 16.6. The van der Waals surface area contributed by atoms with Crippen LogP contribution in [0.2, 0.25) is 0 Å². The maximum Gasteiger partial charge on any atom is 0.0546 e. The molecule has 1 heteroatoms. The van der Waals surface area contributed by atoms with Crippen LogP contribution in [-0.4, -0.2) is 0 Å². The predicted octanol–water partition coefficient (Wildman–Crippen LogP) is 18.4. The number of hydrogen-bond donors (Lipinski definition) is 0. The maximum absolute atomic E-state index is 2.44. The minimum absolute atomic E-state index is 1.08. The number of anilines is 3. The smallest absolute Gasteiger partial charge is 0.0546 e. The molecule has 0 aromatic heterocycles. The molecule has 0 N–H and O–H groups in total. The molecule has 0 saturated heterocycles. The third kappa shape index (κ3) is 7.08. The van der Waals surface area contributed by atoms with Crippen LogP contribution in [0.5, 0.6) is 0 Å². The first-order chi connectivity index (χ1) is 32.6. The lowest BCUT2D eigenvalue weighted by Gasteiger charge is -2.29. The van der Waals surface area contributed by atoms with E-state index in [-0.39, 0.29) is 0 Å². The van der Waals surface area contributed by atoms with Gasteiger partial charge >= 0.3 is 0 Å². The van der Waals surface area contributed by atoms with Crippen LogP contribution in [0.3, 0.4) is 0 Å². The number of nitrogens with zero attached hydrogens (tertiary/aromatic N) is 1. The van der Waals surface area contributed by atoms with E-state index in [1.807, 2.05) is 0 Å². The number of aryl methyl sites for hydroxylation is 1. The Labute approximate surface area is 386 Å². The highest BCUT2D eigenvalue weighted by molar-refractivity contribution is 6.08. The zero-order valence-corrected chi connectivity index (χ0v) is 36.7. The molecular weight excluding hydrogens is 795 g/mol. The van der Waals surface area contributed by atoms with Gasteiger partial charge in [-0.05, 0) is 148 Å². The van der Waals surface area contributed by atoms with E-state index in [9.17, 15) is 0 Å². The number of benzene rings is 12. The van der Waals surface area contributed by atoms with E-state index in [0.29, 0.717) is 0 Å². The molecule has 1 nitrogen and oxygen atoms in total. The van der Waals surface area contributed by atoms with Gasteiger partial charge in [0.25, 0.3) is 0 Å². The maximum atomic E-state index is 2.44. The van der Waals surface area contributed by atoms with Crippen LogP contribution in [0.1, 0.15) is 5.56 Å². The molecule has 310 valence electrons. The molecule has 12 rings (SSSR count). The van der Waals surface area contributed by atoms with Crippen LogP contribution in [0.25, 0.3) is 98.7 Å². The van der Waals surface area contributed by atoms with Crippen molar-refractivity contribution in [3.05, 3.63) is 260 Å². The lowest BCUT2D eigenvalue weighted by molar-refractivity contribution is 1.28. The highest BCUT2D eigenvalue weighted by Crippen LogP contribution is 2.45. The Kier molecular flexibility index (Phi) is 9.81. The Hall–Kier alpha value is -8.52. The summed E-state index contributed by atoms with van der Waals surface area (Å²) in [6, 6.07) is 93.5. The molecule has 0 bridgehead atoms. The molecule has 66 heavy (non-hydrogen) atoms. The van der Waals surface area contributed by atoms with E-state index in [0.717, 1.165) is 22.6 Å². The van der Waals surface area contributed by atoms with Gasteiger partial charge in [-0.25, -0.2) is 0 Å². The Morgan fingerprint density at radius 1 is 0.242 bits per heavy atom. The molecule has 12 aromatic rings. The lowest BCUT2D eigenvalue weighted by Crippen LogP contribution is -2.11. The number of fused-ring (bicyclic) bond motifs is 5. The molecule has 12 aromatic carbocycles. The Balaban J connectivity index is 1.00. The second-order valence-corrected chi connectivity index (χ2v) is 17.3. The van der Waals surface area contributed by atoms with Gasteiger partial charge in [-0.15, -0.1) is 0 Å². The molecule has 0 heterocycles. The van der Waals surface area contributed by atoms with E-state index in [1.165, 1.54) is 98.7 Å². The zero-order chi connectivity index (χ0) is 44.0. The summed E-state index contributed by atoms with van der Waals surface area (Å²) in [5.74, 6) is 0. The molecule has 0 atom stereocenters. The average molecular weight is 840 g/mol. The predicted molar refractivity (Wildman–Crippen MR) is 283 cm³/mol. The van der Waals surface area contributed by atoms with Gasteiger partial charge in [0.2, 0.25) is 0 Å². The van der Waals surface area contributed by atoms with Gasteiger partial charge in [-0.2, -0.15) is 0 Å². The van der Waals surface area contributed by atoms with E-state index in [2.05, 4.69) is 267 Å². The highest BCUT2D eigenvalue weighted by Gasteiger charge is 2.20. The summed E-state index contributed by atoms with van der Waals surface area (Å²) in [7, 11) is 0. The quantitative estimate of drug-likeness (QED) is 0.138. The highest BCUT2D eigenvalue weighted by atomic mass is 15.1. The van der Waals surface area contributed by atoms with Crippen molar-refractivity contribution in [3.8, 4) is 55.6 Å². The first-order valence-corrected chi connectivity index (χ1v) is 22.8. The van der Waals surface area contributed by atoms with Gasteiger partial charge in [-0.1, -0.05) is 212 Å². The topological polar surface area (TPSA) is 3.24 Å². The summed E-state index contributed by atoms with van der Waals surface area (Å²) < 4.78 is 0. The van der Waals surface area contributed by atoms with E-state index in [1.54, 1.807) is 0 Å². The third-order valence-electron chi connectivity index (χ3n) is 13.4. The molecule has 0 saturated carbocycles. The molecule has 0 aliphatic carbocycles. The van der Waals surface area contributed by atoms with Gasteiger partial charge in [-0.3, -0.25) is 0 Å². The zero-order valence-electron chi connectivity index (χ0n) is 36.7. The van der Waals surface area contributed by atoms with Crippen molar-refractivity contribution < 1.29 is 0 Å². The lowest BCUT2D eigenvalue weighted by atomic mass is 9.92. The summed E-state index contributed by atoms with van der Waals surface area (Å²) in [5, 5.41) is 10.1. The van der Waals surface area contributed by atoms with Crippen molar-refractivity contribution in [2.45, 2.75) is 6.92 Å². The molecule has 0 amide bonds. The standard InChI is InChI=1S/C65H45N/c1-44-25-26-52(42-64(44)63-24-12-19-48-16-6-10-22-59(48)63)46-31-37-56(38-32-46)66(55-35-29-45(30-36-55)51-33-39-61-53(41-51)28-27-50-17-7-9-21-58(50)61)65-43-54(34-40-62(65)49-13-3-2-4-14-49)60-23-11-18-47-15-5-8-20-57(47)60/h2-43H,1H3. The average Bonchev–Trinajstić information content (AvgIpc) is 3.39. The number of hydrogen-bond acceptors (Lipinski definition) is 1. The molecule has 0 aliphatic rings. The molecule has 0 aliphatic heterocycles. The van der Waals surface area contributed by atoms with Crippen molar-refractivity contribution >= 4 is 60.2 Å². The molecule has 0 spiro atoms. The van der Waals surface area contributed by atoms with Crippen molar-refractivity contribution in [1.29, 1.82) is 0 Å². The van der Waals surface area contributed by atoms with E-state index in [4.69, 9.17) is 0 Å². The van der Waals surface area contributed by atoms with Crippen molar-refractivity contribution in [3.63, 3.8) is 0 Å². The van der Waals surface area contributed by atoms with Crippen molar-refractivity contribution in [1.82, 2.24) is 0 Å². The monoisotopic (exact) mass is 839 g/mol. The molecule has 0 unspecified atom stereocenters. The fourth-order valence-electron chi connectivity index (χ4n) is 10.0. The Morgan fingerprint density at radius 2 is 0.727 bits per heavy atom. The van der Waals surface area contributed by atoms with Crippen LogP contribution in [0.4, 0.5) is 17.1 Å². The van der Waals surface area contributed by atoms with E-state index < -0.39 is 0 Å². The largest absolute Gasteiger partial charge is 0.310 e. The van der Waals surface area contributed by atoms with Crippen molar-refractivity contribution in [2.24, 2.45) is 0 Å². The summed E-state index contributed by atoms with van der Waals surface area (Å²) in [6.45, 7) is 2.21. The molecule has 0 radical (unpaired) electrons. The fraction of sp³-hybridized carbons (Fsp3) is 0.0154. The SMILES string of the molecule is Cc1ccc(-c2ccc(N(c3ccc(-c4ccc5c(ccc6ccccc65)c4)cc3)c3cc(-c4cccc5ccccc45)ccc3-c3ccccc3)cc2)cc1-c1cccc2ccccc12. The minimum atomic E-state index is 1.08. The first-order valence-electron chi connectivity index (χ1n) is 22.8. The van der Waals surface area contributed by atoms with Crippen LogP contribution in [0, 0.1) is 6.92 Å². The normalized spacial score (nSPS) is 11.4. The van der Waals surface area contributed by atoms with Crippen LogP contribution in [0.15, 0.2) is 255 Å². The Morgan fingerprint density at radius 3 is 1.41 bits per heavy atom. The van der Waals surface area contributed by atoms with Crippen LogP contribution < -0.4 is 4.90 Å². The molecule has 0 fully saturated rings. The van der Waals surface area contributed by atoms with Crippen molar-refractivity contribution in [2.75, 3.05) is 4.90 Å². The third-order valence-corrected chi connectivity index (χ3v) is 13.4.